The maximum Gasteiger partial charge on any atom is 0.247 e. The molecule has 4 saturated heterocycles. The summed E-state index contributed by atoms with van der Waals surface area (Å²) in [5.41, 5.74) is 2.53. The van der Waals surface area contributed by atoms with Gasteiger partial charge >= 0.3 is 0 Å². The number of aliphatic hydroxyl groups is 1. The third-order valence-electron chi connectivity index (χ3n) is 17.1. The molecule has 3 aromatic carbocycles. The molecular weight excluding hydrogens is 1000 g/mol. The lowest BCUT2D eigenvalue weighted by molar-refractivity contribution is -0.143. The van der Waals surface area contributed by atoms with Crippen LogP contribution < -0.4 is 42.5 Å². The lowest BCUT2D eigenvalue weighted by Gasteiger charge is -2.33. The predicted molar refractivity (Wildman–Crippen MR) is 304 cm³/mol. The zero-order valence-electron chi connectivity index (χ0n) is 46.9. The van der Waals surface area contributed by atoms with Crippen molar-refractivity contribution in [2.75, 3.05) is 40.3 Å². The van der Waals surface area contributed by atoms with Crippen LogP contribution in [0.5, 0.6) is 0 Å². The van der Waals surface area contributed by atoms with Crippen LogP contribution in [-0.2, 0) is 33.6 Å². The highest BCUT2D eigenvalue weighted by Gasteiger charge is 2.48. The number of rotatable bonds is 27. The third kappa shape index (κ3) is 16.0. The number of carbonyl (C=O) groups excluding carboxylic acids is 7. The molecule has 0 spiro atoms. The molecule has 430 valence electrons. The fourth-order valence-electron chi connectivity index (χ4n) is 12.5. The van der Waals surface area contributed by atoms with Crippen molar-refractivity contribution in [1.82, 2.24) is 52.3 Å². The van der Waals surface area contributed by atoms with Gasteiger partial charge in [0.05, 0.1) is 24.2 Å². The van der Waals surface area contributed by atoms with E-state index < -0.39 is 36.3 Å². The van der Waals surface area contributed by atoms with E-state index in [2.05, 4.69) is 47.4 Å². The maximum atomic E-state index is 14.8. The first-order chi connectivity index (χ1) is 38.4. The molecule has 4 aliphatic rings. The Morgan fingerprint density at radius 3 is 1.73 bits per heavy atom. The monoisotopic (exact) mass is 1090 g/mol. The first-order valence-corrected chi connectivity index (χ1v) is 29.3. The van der Waals surface area contributed by atoms with Gasteiger partial charge in [0, 0.05) is 62.6 Å². The molecule has 4 aliphatic heterocycles. The standard InChI is InChI=1S/C61H88N10O8/c1-5-47(62-3)56(74)66-49-38-70-45(30-29-44(49)39-72)32-34-50(70)58(76)68-54(42-25-17-12-18-26-42)60(78)64-36-20-9-7-8-19-27-52(73)65-37-43-28-31-46-33-35-51(71(46)61(79)55(43)69-57(75)48(6-2)63-4)59(77)67-53(40-21-13-10-14-22-40)41-23-15-11-16-24-41/h10-18,21-26,43-51,53-55,62-63,72H,5-9,19-20,27-39H2,1-4H3,(H,64,78)(H,65,73)(H,66,74)(H,67,77)(H,68,76)(H,69,75)/t43-,44-,45+,46+,47+,48+,49-,50+,51+,54+,55+/m1/s1. The zero-order chi connectivity index (χ0) is 56.3. The molecule has 0 radical (unpaired) electrons. The maximum absolute atomic E-state index is 14.8. The number of hydrogen-bond donors (Lipinski definition) is 9. The van der Waals surface area contributed by atoms with Gasteiger partial charge in [-0.25, -0.2) is 0 Å². The van der Waals surface area contributed by atoms with Crippen LogP contribution in [0.1, 0.15) is 145 Å². The Morgan fingerprint density at radius 2 is 1.11 bits per heavy atom. The van der Waals surface area contributed by atoms with Crippen LogP contribution in [-0.4, -0.2) is 145 Å². The van der Waals surface area contributed by atoms with Crippen molar-refractivity contribution in [2.24, 2.45) is 11.8 Å². The number of amides is 7. The highest BCUT2D eigenvalue weighted by Crippen LogP contribution is 2.36. The van der Waals surface area contributed by atoms with Gasteiger partial charge in [-0.1, -0.05) is 124 Å². The second-order valence-corrected chi connectivity index (χ2v) is 22.1. The quantitative estimate of drug-likeness (QED) is 0.0488. The van der Waals surface area contributed by atoms with E-state index in [-0.39, 0.29) is 90.5 Å². The predicted octanol–water partition coefficient (Wildman–Crippen LogP) is 4.29. The molecule has 0 bridgehead atoms. The average Bonchev–Trinajstić information content (AvgIpc) is 4.17. The van der Waals surface area contributed by atoms with Gasteiger partial charge in [0.15, 0.2) is 0 Å². The molecule has 9 N–H and O–H groups in total. The molecule has 0 saturated carbocycles. The number of hydrogen-bond acceptors (Lipinski definition) is 11. The van der Waals surface area contributed by atoms with Gasteiger partial charge in [0.1, 0.15) is 18.1 Å². The average molecular weight is 1090 g/mol. The fourth-order valence-corrected chi connectivity index (χ4v) is 12.5. The smallest absolute Gasteiger partial charge is 0.247 e. The van der Waals surface area contributed by atoms with E-state index in [1.807, 2.05) is 105 Å². The minimum Gasteiger partial charge on any atom is -0.396 e. The van der Waals surface area contributed by atoms with Crippen LogP contribution in [0, 0.1) is 11.8 Å². The van der Waals surface area contributed by atoms with Crippen LogP contribution in [0.2, 0.25) is 0 Å². The van der Waals surface area contributed by atoms with Crippen molar-refractivity contribution in [3.05, 3.63) is 108 Å². The number of nitrogens with zero attached hydrogens (tertiary/aromatic N) is 2. The van der Waals surface area contributed by atoms with Crippen LogP contribution in [0.15, 0.2) is 91.0 Å². The summed E-state index contributed by atoms with van der Waals surface area (Å²) in [4.78, 5) is 101. The minimum absolute atomic E-state index is 0.0566. The van der Waals surface area contributed by atoms with E-state index in [1.54, 1.807) is 19.0 Å². The molecule has 11 atom stereocenters. The van der Waals surface area contributed by atoms with Crippen molar-refractivity contribution in [2.45, 2.75) is 177 Å². The van der Waals surface area contributed by atoms with E-state index in [9.17, 15) is 38.7 Å². The number of carbonyl (C=O) groups is 7. The van der Waals surface area contributed by atoms with Crippen LogP contribution >= 0.6 is 0 Å². The highest BCUT2D eigenvalue weighted by molar-refractivity contribution is 5.95. The van der Waals surface area contributed by atoms with Crippen LogP contribution in [0.4, 0.5) is 0 Å². The molecule has 7 rings (SSSR count). The number of fused-ring (bicyclic) bond motifs is 2. The summed E-state index contributed by atoms with van der Waals surface area (Å²) in [6.45, 7) is 4.84. The van der Waals surface area contributed by atoms with Crippen LogP contribution in [0.3, 0.4) is 0 Å². The Labute approximate surface area is 467 Å². The lowest BCUT2D eigenvalue weighted by Crippen LogP contribution is -2.59. The summed E-state index contributed by atoms with van der Waals surface area (Å²) < 4.78 is 0. The molecular formula is C61H88N10O8. The summed E-state index contributed by atoms with van der Waals surface area (Å²) >= 11 is 0. The van der Waals surface area contributed by atoms with Crippen LogP contribution in [0.25, 0.3) is 0 Å². The summed E-state index contributed by atoms with van der Waals surface area (Å²) in [6.07, 6.45) is 10.7. The van der Waals surface area contributed by atoms with Gasteiger partial charge in [-0.15, -0.1) is 0 Å². The molecule has 18 heteroatoms. The largest absolute Gasteiger partial charge is 0.396 e. The van der Waals surface area contributed by atoms with Gasteiger partial charge in [-0.2, -0.15) is 0 Å². The second kappa shape index (κ2) is 30.4. The number of nitrogens with one attached hydrogen (secondary N) is 8. The number of aliphatic hydroxyl groups excluding tert-OH is 1. The Kier molecular flexibility index (Phi) is 23.3. The molecule has 18 nitrogen and oxygen atoms in total. The van der Waals surface area contributed by atoms with Crippen molar-refractivity contribution in [3.8, 4) is 0 Å². The zero-order valence-corrected chi connectivity index (χ0v) is 46.9. The molecule has 4 fully saturated rings. The SMILES string of the molecule is CC[C@H](NC)C(=O)N[C@@H]1C(=O)N2[C@@H](CC[C@@H]1CNC(=O)CCCCCCCNC(=O)[C@@H](NC(=O)[C@@H]1CC[C@@H]3CC[C@H](CO)[C@H](NC(=O)[C@H](CC)NC)CN31)c1ccccc1)CC[C@H]2C(=O)NC(c1ccccc1)c1ccccc1. The summed E-state index contributed by atoms with van der Waals surface area (Å²) in [5.74, 6) is -2.13. The summed E-state index contributed by atoms with van der Waals surface area (Å²) in [7, 11) is 3.46. The highest BCUT2D eigenvalue weighted by atomic mass is 16.3. The van der Waals surface area contributed by atoms with Gasteiger partial charge in [-0.05, 0) is 108 Å². The Hall–Kier alpha value is -6.21. The lowest BCUT2D eigenvalue weighted by atomic mass is 9.92. The Morgan fingerprint density at radius 1 is 0.582 bits per heavy atom. The number of benzene rings is 3. The van der Waals surface area contributed by atoms with Crippen molar-refractivity contribution in [1.29, 1.82) is 0 Å². The van der Waals surface area contributed by atoms with Gasteiger partial charge in [-0.3, -0.25) is 38.5 Å². The van der Waals surface area contributed by atoms with E-state index in [0.29, 0.717) is 82.9 Å². The van der Waals surface area contributed by atoms with Crippen molar-refractivity contribution >= 4 is 41.4 Å². The van der Waals surface area contributed by atoms with Gasteiger partial charge in [0.2, 0.25) is 41.4 Å². The molecule has 0 aromatic heterocycles. The fraction of sp³-hybridized carbons (Fsp3) is 0.590. The second-order valence-electron chi connectivity index (χ2n) is 22.1. The normalized spacial score (nSPS) is 24.2. The summed E-state index contributed by atoms with van der Waals surface area (Å²) in [6, 6.07) is 24.1. The Balaban J connectivity index is 0.873. The van der Waals surface area contributed by atoms with Crippen molar-refractivity contribution < 1.29 is 38.7 Å². The first-order valence-electron chi connectivity index (χ1n) is 29.3. The minimum atomic E-state index is -0.931. The van der Waals surface area contributed by atoms with Crippen molar-refractivity contribution in [3.63, 3.8) is 0 Å². The number of unbranched alkanes of at least 4 members (excludes halogenated alkanes) is 4. The molecule has 0 unspecified atom stereocenters. The molecule has 7 amide bonds. The summed E-state index contributed by atoms with van der Waals surface area (Å²) in [5, 5.41) is 35.1. The number of likely N-dealkylation sites (N-methyl/N-ethyl adjacent to an activating group) is 2. The topological polar surface area (TPSA) is 242 Å². The first kappa shape index (κ1) is 60.4. The van der Waals surface area contributed by atoms with E-state index >= 15 is 0 Å². The third-order valence-corrected chi connectivity index (χ3v) is 17.1. The van der Waals surface area contributed by atoms with E-state index in [1.165, 1.54) is 0 Å². The van der Waals surface area contributed by atoms with E-state index in [0.717, 1.165) is 49.7 Å². The van der Waals surface area contributed by atoms with Gasteiger partial charge in [0.25, 0.3) is 0 Å². The van der Waals surface area contributed by atoms with E-state index in [4.69, 9.17) is 0 Å². The molecule has 4 heterocycles. The molecule has 79 heavy (non-hydrogen) atoms. The van der Waals surface area contributed by atoms with Gasteiger partial charge < -0.3 is 52.5 Å². The molecule has 0 aliphatic carbocycles. The Bertz CT molecular complexity index is 2410. The molecule has 3 aromatic rings.